The van der Waals surface area contributed by atoms with Gasteiger partial charge in [-0.3, -0.25) is 0 Å². The zero-order chi connectivity index (χ0) is 13.1. The van der Waals surface area contributed by atoms with Crippen LogP contribution in [0.4, 0.5) is 0 Å². The van der Waals surface area contributed by atoms with E-state index >= 15 is 0 Å². The van der Waals surface area contributed by atoms with Crippen LogP contribution in [0.25, 0.3) is 10.9 Å². The molecule has 0 saturated carbocycles. The number of hydrogen-bond acceptors (Lipinski definition) is 1. The number of aromatic amines is 1. The van der Waals surface area contributed by atoms with Gasteiger partial charge in [0.25, 0.3) is 0 Å². The summed E-state index contributed by atoms with van der Waals surface area (Å²) in [5, 5.41) is 10.6. The normalized spacial score (nSPS) is 12.7. The summed E-state index contributed by atoms with van der Waals surface area (Å²) in [6.07, 6.45) is 2.81. The number of fused-ring (bicyclic) bond motifs is 1. The van der Waals surface area contributed by atoms with Gasteiger partial charge in [-0.05, 0) is 23.6 Å². The highest BCUT2D eigenvalue weighted by atomic mass is 16.3. The Labute approximate surface area is 112 Å². The average molecular weight is 251 g/mol. The summed E-state index contributed by atoms with van der Waals surface area (Å²) >= 11 is 0. The fourth-order valence-electron chi connectivity index (χ4n) is 2.70. The van der Waals surface area contributed by atoms with Crippen molar-refractivity contribution in [1.82, 2.24) is 4.98 Å². The van der Waals surface area contributed by atoms with Gasteiger partial charge < -0.3 is 10.1 Å². The topological polar surface area (TPSA) is 36.0 Å². The van der Waals surface area contributed by atoms with Crippen LogP contribution in [0.3, 0.4) is 0 Å². The zero-order valence-electron chi connectivity index (χ0n) is 10.7. The predicted molar refractivity (Wildman–Crippen MR) is 78.3 cm³/mol. The highest BCUT2D eigenvalue weighted by Crippen LogP contribution is 2.32. The third-order valence-electron chi connectivity index (χ3n) is 3.62. The van der Waals surface area contributed by atoms with E-state index < -0.39 is 0 Å². The lowest BCUT2D eigenvalue weighted by atomic mass is 9.88. The van der Waals surface area contributed by atoms with Gasteiger partial charge in [0.15, 0.2) is 0 Å². The lowest BCUT2D eigenvalue weighted by molar-refractivity contribution is 0.282. The van der Waals surface area contributed by atoms with E-state index in [1.54, 1.807) is 0 Å². The molecule has 0 aliphatic carbocycles. The van der Waals surface area contributed by atoms with Gasteiger partial charge in [0.2, 0.25) is 0 Å². The molecule has 0 spiro atoms. The number of H-pyrrole nitrogens is 1. The van der Waals surface area contributed by atoms with Crippen molar-refractivity contribution in [1.29, 1.82) is 0 Å². The van der Waals surface area contributed by atoms with Gasteiger partial charge in [-0.15, -0.1) is 0 Å². The Balaban J connectivity index is 2.10. The van der Waals surface area contributed by atoms with Crippen LogP contribution in [0.5, 0.6) is 0 Å². The molecule has 2 nitrogen and oxygen atoms in total. The Morgan fingerprint density at radius 3 is 2.47 bits per heavy atom. The molecule has 3 rings (SSSR count). The molecule has 1 aromatic heterocycles. The Morgan fingerprint density at radius 1 is 0.947 bits per heavy atom. The molecule has 19 heavy (non-hydrogen) atoms. The SMILES string of the molecule is OCC[C@H](c1ccccc1)c1c[nH]c2ccccc12. The second kappa shape index (κ2) is 5.29. The van der Waals surface area contributed by atoms with E-state index in [9.17, 15) is 5.11 Å². The smallest absolute Gasteiger partial charge is 0.0457 e. The maximum atomic E-state index is 9.36. The van der Waals surface area contributed by atoms with Crippen LogP contribution in [0.15, 0.2) is 60.8 Å². The number of aromatic nitrogens is 1. The Hall–Kier alpha value is -2.06. The molecule has 0 aliphatic heterocycles. The van der Waals surface area contributed by atoms with Crippen molar-refractivity contribution in [2.24, 2.45) is 0 Å². The largest absolute Gasteiger partial charge is 0.396 e. The van der Waals surface area contributed by atoms with Crippen LogP contribution < -0.4 is 0 Å². The fourth-order valence-corrected chi connectivity index (χ4v) is 2.70. The van der Waals surface area contributed by atoms with Gasteiger partial charge >= 0.3 is 0 Å². The third-order valence-corrected chi connectivity index (χ3v) is 3.62. The van der Waals surface area contributed by atoms with Gasteiger partial charge in [-0.1, -0.05) is 48.5 Å². The average Bonchev–Trinajstić information content (AvgIpc) is 2.89. The number of aliphatic hydroxyl groups is 1. The minimum atomic E-state index is 0.194. The van der Waals surface area contributed by atoms with Gasteiger partial charge in [-0.2, -0.15) is 0 Å². The molecule has 96 valence electrons. The minimum absolute atomic E-state index is 0.194. The van der Waals surface area contributed by atoms with Crippen LogP contribution in [0.2, 0.25) is 0 Å². The van der Waals surface area contributed by atoms with E-state index in [4.69, 9.17) is 0 Å². The first kappa shape index (κ1) is 12.0. The lowest BCUT2D eigenvalue weighted by Gasteiger charge is -2.15. The molecule has 1 heterocycles. The van der Waals surface area contributed by atoms with E-state index in [0.717, 1.165) is 11.9 Å². The molecule has 0 amide bonds. The molecule has 0 saturated heterocycles. The number of aliphatic hydroxyl groups excluding tert-OH is 1. The first-order chi connectivity index (χ1) is 9.40. The quantitative estimate of drug-likeness (QED) is 0.729. The molecule has 0 radical (unpaired) electrons. The second-order valence-electron chi connectivity index (χ2n) is 4.77. The summed E-state index contributed by atoms with van der Waals surface area (Å²) in [5.74, 6) is 0.238. The van der Waals surface area contributed by atoms with Crippen LogP contribution in [0.1, 0.15) is 23.5 Å². The highest BCUT2D eigenvalue weighted by Gasteiger charge is 2.17. The van der Waals surface area contributed by atoms with E-state index in [1.165, 1.54) is 16.5 Å². The minimum Gasteiger partial charge on any atom is -0.396 e. The Morgan fingerprint density at radius 2 is 1.68 bits per heavy atom. The summed E-state index contributed by atoms with van der Waals surface area (Å²) in [7, 11) is 0. The predicted octanol–water partition coefficient (Wildman–Crippen LogP) is 3.68. The fraction of sp³-hybridized carbons (Fsp3) is 0.176. The second-order valence-corrected chi connectivity index (χ2v) is 4.77. The summed E-state index contributed by atoms with van der Waals surface area (Å²) in [6, 6.07) is 18.7. The zero-order valence-corrected chi connectivity index (χ0v) is 10.7. The molecule has 2 aromatic carbocycles. The highest BCUT2D eigenvalue weighted by molar-refractivity contribution is 5.84. The number of hydrogen-bond donors (Lipinski definition) is 2. The van der Waals surface area contributed by atoms with Gasteiger partial charge in [0.1, 0.15) is 0 Å². The van der Waals surface area contributed by atoms with Crippen LogP contribution >= 0.6 is 0 Å². The summed E-state index contributed by atoms with van der Waals surface area (Å²) < 4.78 is 0. The number of para-hydroxylation sites is 1. The van der Waals surface area contributed by atoms with Crippen molar-refractivity contribution in [2.45, 2.75) is 12.3 Å². The van der Waals surface area contributed by atoms with Crippen molar-refractivity contribution in [3.05, 3.63) is 71.9 Å². The Kier molecular flexibility index (Phi) is 3.34. The van der Waals surface area contributed by atoms with Crippen molar-refractivity contribution in [3.63, 3.8) is 0 Å². The van der Waals surface area contributed by atoms with E-state index in [1.807, 2.05) is 12.1 Å². The van der Waals surface area contributed by atoms with Crippen molar-refractivity contribution in [3.8, 4) is 0 Å². The maximum Gasteiger partial charge on any atom is 0.0457 e. The van der Waals surface area contributed by atoms with Crippen molar-refractivity contribution >= 4 is 10.9 Å². The van der Waals surface area contributed by atoms with E-state index in [2.05, 4.69) is 53.6 Å². The monoisotopic (exact) mass is 251 g/mol. The van der Waals surface area contributed by atoms with Gasteiger partial charge in [0.05, 0.1) is 0 Å². The van der Waals surface area contributed by atoms with Gasteiger partial charge in [0, 0.05) is 29.6 Å². The van der Waals surface area contributed by atoms with E-state index in [-0.39, 0.29) is 12.5 Å². The lowest BCUT2D eigenvalue weighted by Crippen LogP contribution is -2.02. The molecule has 0 unspecified atom stereocenters. The molecule has 0 aliphatic rings. The van der Waals surface area contributed by atoms with Crippen LogP contribution in [0, 0.1) is 0 Å². The first-order valence-electron chi connectivity index (χ1n) is 6.62. The van der Waals surface area contributed by atoms with Crippen LogP contribution in [-0.2, 0) is 0 Å². The summed E-state index contributed by atoms with van der Waals surface area (Å²) in [4.78, 5) is 3.32. The Bertz CT molecular complexity index is 657. The molecule has 0 fully saturated rings. The molecule has 3 aromatic rings. The molecule has 2 N–H and O–H groups in total. The summed E-state index contributed by atoms with van der Waals surface area (Å²) in [6.45, 7) is 0.194. The van der Waals surface area contributed by atoms with E-state index in [0.29, 0.717) is 0 Å². The third kappa shape index (κ3) is 2.27. The first-order valence-corrected chi connectivity index (χ1v) is 6.62. The molecule has 2 heteroatoms. The number of benzene rings is 2. The van der Waals surface area contributed by atoms with Crippen molar-refractivity contribution < 1.29 is 5.11 Å². The maximum absolute atomic E-state index is 9.36. The van der Waals surface area contributed by atoms with Crippen molar-refractivity contribution in [2.75, 3.05) is 6.61 Å². The number of nitrogens with one attached hydrogen (secondary N) is 1. The number of rotatable bonds is 4. The molecule has 1 atom stereocenters. The summed E-state index contributed by atoms with van der Waals surface area (Å²) in [5.41, 5.74) is 3.66. The van der Waals surface area contributed by atoms with Crippen LogP contribution in [-0.4, -0.2) is 16.7 Å². The standard InChI is InChI=1S/C17H17NO/c19-11-10-14(13-6-2-1-3-7-13)16-12-18-17-9-5-4-8-15(16)17/h1-9,12,14,18-19H,10-11H2/t14-/m1/s1. The molecule has 0 bridgehead atoms. The molecular weight excluding hydrogens is 234 g/mol. The van der Waals surface area contributed by atoms with Gasteiger partial charge in [-0.25, -0.2) is 0 Å². The molecular formula is C17H17NO.